The van der Waals surface area contributed by atoms with Crippen LogP contribution in [0.5, 0.6) is 0 Å². The van der Waals surface area contributed by atoms with Gasteiger partial charge in [0.1, 0.15) is 10.8 Å². The Morgan fingerprint density at radius 1 is 1.43 bits per heavy atom. The van der Waals surface area contributed by atoms with Crippen LogP contribution in [0, 0.1) is 11.6 Å². The van der Waals surface area contributed by atoms with Gasteiger partial charge < -0.3 is 5.32 Å². The number of benzene rings is 1. The second-order valence-electron chi connectivity index (χ2n) is 2.72. The maximum Gasteiger partial charge on any atom is 0.151 e. The van der Waals surface area contributed by atoms with Gasteiger partial charge in [-0.25, -0.2) is 8.78 Å². The van der Waals surface area contributed by atoms with E-state index in [1.807, 2.05) is 0 Å². The van der Waals surface area contributed by atoms with Crippen molar-refractivity contribution < 1.29 is 8.78 Å². The minimum Gasteiger partial charge on any atom is -0.316 e. The molecule has 0 spiro atoms. The maximum absolute atomic E-state index is 13.2. The quantitative estimate of drug-likeness (QED) is 0.768. The fraction of sp³-hybridized carbons (Fsp3) is 0.200. The third kappa shape index (κ3) is 2.53. The maximum atomic E-state index is 13.2. The van der Waals surface area contributed by atoms with E-state index in [4.69, 9.17) is 11.6 Å². The van der Waals surface area contributed by atoms with Crippen molar-refractivity contribution in [2.75, 3.05) is 13.6 Å². The van der Waals surface area contributed by atoms with Crippen molar-refractivity contribution in [2.24, 2.45) is 0 Å². The minimum atomic E-state index is -0.741. The summed E-state index contributed by atoms with van der Waals surface area (Å²) in [5.74, 6) is -1.46. The molecule has 1 aromatic carbocycles. The molecular weight excluding hydrogens is 208 g/mol. The van der Waals surface area contributed by atoms with Crippen LogP contribution in [0.15, 0.2) is 18.2 Å². The van der Waals surface area contributed by atoms with Gasteiger partial charge in [0, 0.05) is 12.1 Å². The van der Waals surface area contributed by atoms with Crippen molar-refractivity contribution in [2.45, 2.75) is 0 Å². The van der Waals surface area contributed by atoms with Crippen LogP contribution in [-0.4, -0.2) is 13.6 Å². The summed E-state index contributed by atoms with van der Waals surface area (Å²) in [6.07, 6.45) is 3.28. The summed E-state index contributed by atoms with van der Waals surface area (Å²) < 4.78 is 26.0. The lowest BCUT2D eigenvalue weighted by molar-refractivity contribution is 0.582. The van der Waals surface area contributed by atoms with E-state index in [0.29, 0.717) is 6.54 Å². The van der Waals surface area contributed by atoms with Gasteiger partial charge in [0.25, 0.3) is 0 Å². The molecule has 0 atom stereocenters. The van der Waals surface area contributed by atoms with E-state index in [2.05, 4.69) is 5.32 Å². The number of rotatable bonds is 3. The summed E-state index contributed by atoms with van der Waals surface area (Å²) in [6, 6.07) is 2.49. The number of nitrogens with one attached hydrogen (secondary N) is 1. The van der Waals surface area contributed by atoms with Crippen LogP contribution in [0.4, 0.5) is 8.78 Å². The highest BCUT2D eigenvalue weighted by atomic mass is 35.5. The van der Waals surface area contributed by atoms with Crippen LogP contribution < -0.4 is 5.32 Å². The standard InChI is InChI=1S/C10H10ClF2N/c1-14-6-2-3-7-4-5-8(12)9(11)10(7)13/h2-5,14H,6H2,1H3. The van der Waals surface area contributed by atoms with Crippen molar-refractivity contribution in [3.63, 3.8) is 0 Å². The Balaban J connectivity index is 2.94. The largest absolute Gasteiger partial charge is 0.316 e. The lowest BCUT2D eigenvalue weighted by Crippen LogP contribution is -2.03. The predicted molar refractivity (Wildman–Crippen MR) is 54.3 cm³/mol. The third-order valence-corrected chi connectivity index (χ3v) is 2.03. The van der Waals surface area contributed by atoms with Gasteiger partial charge in [-0.15, -0.1) is 0 Å². The fourth-order valence-corrected chi connectivity index (χ4v) is 1.15. The van der Waals surface area contributed by atoms with Gasteiger partial charge in [0.15, 0.2) is 5.82 Å². The lowest BCUT2D eigenvalue weighted by atomic mass is 10.2. The first kappa shape index (κ1) is 11.1. The Morgan fingerprint density at radius 2 is 2.14 bits per heavy atom. The van der Waals surface area contributed by atoms with E-state index in [0.717, 1.165) is 6.07 Å². The molecule has 1 rings (SSSR count). The van der Waals surface area contributed by atoms with E-state index in [-0.39, 0.29) is 5.56 Å². The Morgan fingerprint density at radius 3 is 2.79 bits per heavy atom. The summed E-state index contributed by atoms with van der Waals surface area (Å²) >= 11 is 5.40. The number of hydrogen-bond acceptors (Lipinski definition) is 1. The summed E-state index contributed by atoms with van der Waals surface area (Å²) in [5, 5.41) is 2.41. The Hall–Kier alpha value is -0.930. The van der Waals surface area contributed by atoms with Crippen LogP contribution in [0.3, 0.4) is 0 Å². The van der Waals surface area contributed by atoms with E-state index in [1.54, 1.807) is 19.2 Å². The second kappa shape index (κ2) is 5.08. The van der Waals surface area contributed by atoms with Crippen LogP contribution >= 0.6 is 11.6 Å². The fourth-order valence-electron chi connectivity index (χ4n) is 0.973. The van der Waals surface area contributed by atoms with Crippen LogP contribution in [0.2, 0.25) is 5.02 Å². The highest BCUT2D eigenvalue weighted by molar-refractivity contribution is 6.31. The average molecular weight is 218 g/mol. The molecule has 0 fully saturated rings. The normalized spacial score (nSPS) is 11.1. The SMILES string of the molecule is CNCC=Cc1ccc(F)c(Cl)c1F. The average Bonchev–Trinajstić information content (AvgIpc) is 2.18. The van der Waals surface area contributed by atoms with Gasteiger partial charge >= 0.3 is 0 Å². The van der Waals surface area contributed by atoms with Crippen molar-refractivity contribution in [1.82, 2.24) is 5.32 Å². The van der Waals surface area contributed by atoms with Gasteiger partial charge in [-0.2, -0.15) is 0 Å². The van der Waals surface area contributed by atoms with Gasteiger partial charge in [-0.1, -0.05) is 23.8 Å². The molecule has 0 aliphatic rings. The van der Waals surface area contributed by atoms with Crippen LogP contribution in [-0.2, 0) is 0 Å². The second-order valence-corrected chi connectivity index (χ2v) is 3.10. The van der Waals surface area contributed by atoms with E-state index in [1.165, 1.54) is 6.07 Å². The zero-order chi connectivity index (χ0) is 10.6. The van der Waals surface area contributed by atoms with Gasteiger partial charge in [-0.05, 0) is 19.2 Å². The molecule has 14 heavy (non-hydrogen) atoms. The van der Waals surface area contributed by atoms with Gasteiger partial charge in [0.05, 0.1) is 0 Å². The molecule has 0 heterocycles. The molecule has 0 radical (unpaired) electrons. The molecular formula is C10H10ClF2N. The molecule has 76 valence electrons. The van der Waals surface area contributed by atoms with E-state index in [9.17, 15) is 8.78 Å². The molecule has 0 amide bonds. The van der Waals surface area contributed by atoms with E-state index >= 15 is 0 Å². The van der Waals surface area contributed by atoms with Gasteiger partial charge in [-0.3, -0.25) is 0 Å². The van der Waals surface area contributed by atoms with E-state index < -0.39 is 16.7 Å². The summed E-state index contributed by atoms with van der Waals surface area (Å²) in [4.78, 5) is 0. The molecule has 1 nitrogen and oxygen atoms in total. The molecule has 0 saturated carbocycles. The van der Waals surface area contributed by atoms with Crippen LogP contribution in [0.1, 0.15) is 5.56 Å². The first-order valence-electron chi connectivity index (χ1n) is 4.11. The molecule has 0 aromatic heterocycles. The molecule has 0 bridgehead atoms. The summed E-state index contributed by atoms with van der Waals surface area (Å²) in [5.41, 5.74) is 0.284. The molecule has 4 heteroatoms. The van der Waals surface area contributed by atoms with Crippen molar-refractivity contribution >= 4 is 17.7 Å². The summed E-state index contributed by atoms with van der Waals surface area (Å²) in [6.45, 7) is 0.619. The number of hydrogen-bond donors (Lipinski definition) is 1. The molecule has 0 unspecified atom stereocenters. The highest BCUT2D eigenvalue weighted by Gasteiger charge is 2.08. The zero-order valence-corrected chi connectivity index (χ0v) is 8.41. The first-order valence-corrected chi connectivity index (χ1v) is 4.49. The van der Waals surface area contributed by atoms with Crippen molar-refractivity contribution in [3.8, 4) is 0 Å². The smallest absolute Gasteiger partial charge is 0.151 e. The Bertz CT molecular complexity index is 350. The highest BCUT2D eigenvalue weighted by Crippen LogP contribution is 2.22. The first-order chi connectivity index (χ1) is 6.66. The Labute approximate surface area is 86.4 Å². The minimum absolute atomic E-state index is 0.284. The van der Waals surface area contributed by atoms with Crippen LogP contribution in [0.25, 0.3) is 6.08 Å². The zero-order valence-electron chi connectivity index (χ0n) is 7.65. The predicted octanol–water partition coefficient (Wildman–Crippen LogP) is 2.85. The van der Waals surface area contributed by atoms with Gasteiger partial charge in [0.2, 0.25) is 0 Å². The lowest BCUT2D eigenvalue weighted by Gasteiger charge is -2.00. The topological polar surface area (TPSA) is 12.0 Å². The molecule has 1 aromatic rings. The summed E-state index contributed by atoms with van der Waals surface area (Å²) in [7, 11) is 1.78. The number of likely N-dealkylation sites (N-methyl/N-ethyl adjacent to an activating group) is 1. The van der Waals surface area contributed by atoms with Crippen molar-refractivity contribution in [1.29, 1.82) is 0 Å². The number of halogens is 3. The molecule has 0 saturated heterocycles. The molecule has 0 aliphatic carbocycles. The molecule has 1 N–H and O–H groups in total. The molecule has 0 aliphatic heterocycles. The van der Waals surface area contributed by atoms with Crippen molar-refractivity contribution in [3.05, 3.63) is 40.4 Å². The Kier molecular flexibility index (Phi) is 4.04. The monoisotopic (exact) mass is 217 g/mol. The third-order valence-electron chi connectivity index (χ3n) is 1.68.